The van der Waals surface area contributed by atoms with Crippen molar-refractivity contribution in [3.8, 4) is 16.9 Å². The van der Waals surface area contributed by atoms with E-state index < -0.39 is 18.0 Å². The maximum atomic E-state index is 13.7. The van der Waals surface area contributed by atoms with Crippen molar-refractivity contribution in [2.45, 2.75) is 63.2 Å². The summed E-state index contributed by atoms with van der Waals surface area (Å²) < 4.78 is 7.22. The number of para-hydroxylation sites is 1. The van der Waals surface area contributed by atoms with Crippen LogP contribution in [0.3, 0.4) is 0 Å². The third-order valence-electron chi connectivity index (χ3n) is 8.90. The van der Waals surface area contributed by atoms with E-state index in [9.17, 15) is 19.5 Å². The van der Waals surface area contributed by atoms with Crippen LogP contribution in [0, 0.1) is 17.8 Å². The number of nitrogens with one attached hydrogen (secondary N) is 1. The Morgan fingerprint density at radius 1 is 1.06 bits per heavy atom. The number of carbonyl (C=O) groups excluding carboxylic acids is 2. The van der Waals surface area contributed by atoms with Crippen molar-refractivity contribution in [2.24, 2.45) is 17.8 Å². The maximum Gasteiger partial charge on any atom is 0.258 e. The van der Waals surface area contributed by atoms with E-state index >= 15 is 0 Å². The molecule has 6 rings (SSSR count). The SMILES string of the molecule is COc1ccccc1-c1ccc2n(c1=O)C[C@@H]1[C@@H](CO)[C@H](C(=O)NC3CCC3)N(C(=O)C3CCC3)[C@H]21. The maximum absolute atomic E-state index is 13.7. The van der Waals surface area contributed by atoms with E-state index in [4.69, 9.17) is 4.74 Å². The van der Waals surface area contributed by atoms with Crippen LogP contribution in [-0.4, -0.2) is 52.2 Å². The molecule has 190 valence electrons. The van der Waals surface area contributed by atoms with Crippen molar-refractivity contribution < 1.29 is 19.4 Å². The minimum Gasteiger partial charge on any atom is -0.496 e. The highest BCUT2D eigenvalue weighted by atomic mass is 16.5. The molecule has 8 nitrogen and oxygen atoms in total. The molecule has 2 amide bonds. The Morgan fingerprint density at radius 2 is 1.81 bits per heavy atom. The van der Waals surface area contributed by atoms with E-state index in [1.54, 1.807) is 22.6 Å². The molecule has 4 atom stereocenters. The number of fused-ring (bicyclic) bond motifs is 3. The van der Waals surface area contributed by atoms with E-state index in [0.29, 0.717) is 17.9 Å². The minimum absolute atomic E-state index is 0.0179. The summed E-state index contributed by atoms with van der Waals surface area (Å²) in [5.41, 5.74) is 1.85. The van der Waals surface area contributed by atoms with Gasteiger partial charge in [0, 0.05) is 48.2 Å². The number of hydrogen-bond donors (Lipinski definition) is 2. The Labute approximate surface area is 210 Å². The number of amides is 2. The van der Waals surface area contributed by atoms with Gasteiger partial charge in [-0.3, -0.25) is 14.4 Å². The number of aromatic nitrogens is 1. The van der Waals surface area contributed by atoms with Crippen LogP contribution in [0.5, 0.6) is 5.75 Å². The largest absolute Gasteiger partial charge is 0.496 e. The number of aliphatic hydroxyl groups is 1. The molecule has 0 unspecified atom stereocenters. The van der Waals surface area contributed by atoms with E-state index in [1.807, 2.05) is 30.3 Å². The van der Waals surface area contributed by atoms with E-state index in [2.05, 4.69) is 5.32 Å². The fraction of sp³-hybridized carbons (Fsp3) is 0.536. The van der Waals surface area contributed by atoms with Gasteiger partial charge in [0.2, 0.25) is 11.8 Å². The molecule has 1 saturated heterocycles. The molecule has 8 heteroatoms. The van der Waals surface area contributed by atoms with Crippen LogP contribution in [0.25, 0.3) is 11.1 Å². The summed E-state index contributed by atoms with van der Waals surface area (Å²) in [6.07, 6.45) is 5.67. The van der Waals surface area contributed by atoms with Gasteiger partial charge in [-0.2, -0.15) is 0 Å². The van der Waals surface area contributed by atoms with Gasteiger partial charge in [0.05, 0.1) is 18.7 Å². The third kappa shape index (κ3) is 3.49. The molecule has 4 aliphatic rings. The Bertz CT molecular complexity index is 1250. The number of nitrogens with zero attached hydrogens (tertiary/aromatic N) is 2. The van der Waals surface area contributed by atoms with Gasteiger partial charge in [0.25, 0.3) is 5.56 Å². The monoisotopic (exact) mass is 491 g/mol. The molecule has 36 heavy (non-hydrogen) atoms. The Hall–Kier alpha value is -3.13. The Morgan fingerprint density at radius 3 is 2.44 bits per heavy atom. The van der Waals surface area contributed by atoms with Crippen molar-refractivity contribution in [2.75, 3.05) is 13.7 Å². The summed E-state index contributed by atoms with van der Waals surface area (Å²) in [5.74, 6) is -0.271. The highest BCUT2D eigenvalue weighted by Gasteiger charge is 2.58. The predicted octanol–water partition coefficient (Wildman–Crippen LogP) is 2.48. The van der Waals surface area contributed by atoms with Gasteiger partial charge in [0.15, 0.2) is 0 Å². The summed E-state index contributed by atoms with van der Waals surface area (Å²) in [6.45, 7) is 0.162. The lowest BCUT2D eigenvalue weighted by molar-refractivity contribution is -0.147. The highest BCUT2D eigenvalue weighted by Crippen LogP contribution is 2.51. The number of likely N-dealkylation sites (tertiary alicyclic amines) is 1. The number of aliphatic hydroxyl groups excluding tert-OH is 1. The summed E-state index contributed by atoms with van der Waals surface area (Å²) in [5, 5.41) is 13.6. The molecule has 3 fully saturated rings. The van der Waals surface area contributed by atoms with Crippen LogP contribution in [0.15, 0.2) is 41.2 Å². The average Bonchev–Trinajstić information content (AvgIpc) is 3.35. The number of pyridine rings is 1. The van der Waals surface area contributed by atoms with Crippen LogP contribution in [-0.2, 0) is 16.1 Å². The topological polar surface area (TPSA) is 101 Å². The third-order valence-corrected chi connectivity index (χ3v) is 8.90. The van der Waals surface area contributed by atoms with Gasteiger partial charge in [-0.25, -0.2) is 0 Å². The molecule has 1 aromatic heterocycles. The van der Waals surface area contributed by atoms with Crippen molar-refractivity contribution in [3.63, 3.8) is 0 Å². The summed E-state index contributed by atoms with van der Waals surface area (Å²) in [7, 11) is 1.58. The van der Waals surface area contributed by atoms with E-state index in [-0.39, 0.29) is 41.9 Å². The minimum atomic E-state index is -0.712. The van der Waals surface area contributed by atoms with Gasteiger partial charge in [-0.1, -0.05) is 24.6 Å². The number of carbonyl (C=O) groups is 2. The van der Waals surface area contributed by atoms with Gasteiger partial charge in [-0.05, 0) is 50.3 Å². The second-order valence-corrected chi connectivity index (χ2v) is 10.7. The van der Waals surface area contributed by atoms with Crippen LogP contribution in [0.1, 0.15) is 50.3 Å². The van der Waals surface area contributed by atoms with Gasteiger partial charge in [0.1, 0.15) is 11.8 Å². The van der Waals surface area contributed by atoms with E-state index in [1.165, 1.54) is 0 Å². The first-order valence-electron chi connectivity index (χ1n) is 13.1. The number of hydrogen-bond acceptors (Lipinski definition) is 5. The van der Waals surface area contributed by atoms with Crippen LogP contribution >= 0.6 is 0 Å². The number of rotatable bonds is 6. The zero-order chi connectivity index (χ0) is 25.0. The number of methoxy groups -OCH3 is 1. The number of benzene rings is 1. The van der Waals surface area contributed by atoms with Gasteiger partial charge >= 0.3 is 0 Å². The molecule has 0 spiro atoms. The van der Waals surface area contributed by atoms with Gasteiger partial charge < -0.3 is 24.6 Å². The molecule has 2 N–H and O–H groups in total. The summed E-state index contributed by atoms with van der Waals surface area (Å²) in [4.78, 5) is 42.7. The molecule has 1 aromatic carbocycles. The lowest BCUT2D eigenvalue weighted by atomic mass is 9.83. The first-order valence-corrected chi connectivity index (χ1v) is 13.1. The number of ether oxygens (including phenoxy) is 1. The lowest BCUT2D eigenvalue weighted by Crippen LogP contribution is -2.55. The Balaban J connectivity index is 1.41. The zero-order valence-electron chi connectivity index (χ0n) is 20.6. The standard InChI is InChI=1S/C28H33N3O5/c1-36-23-11-3-2-10-18(23)19-12-13-22-24-20(14-30(22)28(19)35)21(15-32)25(26(33)29-17-8-5-9-17)31(24)27(34)16-6-4-7-16/h2-3,10-13,16-17,20-21,24-25,32H,4-9,14-15H2,1H3,(H,29,33)/t20-,21-,24+,25-/m1/s1. The lowest BCUT2D eigenvalue weighted by Gasteiger charge is -2.37. The van der Waals surface area contributed by atoms with Crippen LogP contribution < -0.4 is 15.6 Å². The molecule has 2 aromatic rings. The predicted molar refractivity (Wildman–Crippen MR) is 133 cm³/mol. The first-order chi connectivity index (χ1) is 17.5. The van der Waals surface area contributed by atoms with Crippen LogP contribution in [0.2, 0.25) is 0 Å². The fourth-order valence-electron chi connectivity index (χ4n) is 6.51. The average molecular weight is 492 g/mol. The summed E-state index contributed by atoms with van der Waals surface area (Å²) >= 11 is 0. The van der Waals surface area contributed by atoms with Crippen LogP contribution in [0.4, 0.5) is 0 Å². The highest BCUT2D eigenvalue weighted by molar-refractivity contribution is 5.90. The summed E-state index contributed by atoms with van der Waals surface area (Å²) in [6, 6.07) is 10.2. The quantitative estimate of drug-likeness (QED) is 0.647. The molecular formula is C28H33N3O5. The Kier molecular flexibility index (Phi) is 5.86. The first kappa shape index (κ1) is 23.3. The molecule has 2 aliphatic heterocycles. The van der Waals surface area contributed by atoms with Crippen molar-refractivity contribution in [1.29, 1.82) is 0 Å². The molecule has 0 radical (unpaired) electrons. The molecule has 2 saturated carbocycles. The molecule has 2 aliphatic carbocycles. The van der Waals surface area contributed by atoms with Crippen molar-refractivity contribution in [1.82, 2.24) is 14.8 Å². The normalized spacial score (nSPS) is 27.1. The van der Waals surface area contributed by atoms with Gasteiger partial charge in [-0.15, -0.1) is 0 Å². The molecular weight excluding hydrogens is 458 g/mol. The van der Waals surface area contributed by atoms with Crippen molar-refractivity contribution >= 4 is 11.8 Å². The van der Waals surface area contributed by atoms with E-state index in [0.717, 1.165) is 49.8 Å². The smallest absolute Gasteiger partial charge is 0.258 e. The zero-order valence-corrected chi connectivity index (χ0v) is 20.6. The van der Waals surface area contributed by atoms with Crippen molar-refractivity contribution in [3.05, 3.63) is 52.4 Å². The second kappa shape index (κ2) is 9.07. The molecule has 0 bridgehead atoms. The fourth-order valence-corrected chi connectivity index (χ4v) is 6.51. The molecule has 3 heterocycles. The second-order valence-electron chi connectivity index (χ2n) is 10.7.